The number of carbonyl (C=O) groups excluding carboxylic acids is 2. The van der Waals surface area contributed by atoms with Crippen molar-refractivity contribution in [2.24, 2.45) is 0 Å². The molecule has 2 aromatic carbocycles. The van der Waals surface area contributed by atoms with Gasteiger partial charge < -0.3 is 10.6 Å². The molecule has 2 amide bonds. The first-order valence-corrected chi connectivity index (χ1v) is 9.27. The summed E-state index contributed by atoms with van der Waals surface area (Å²) in [6, 6.07) is 13.4. The van der Waals surface area contributed by atoms with Crippen LogP contribution in [0, 0.1) is 19.7 Å². The standard InChI is InChI=1S/C22H23FN4O2/c1-14-21(15(2)27(26-14)20-10-6-18(23)7-11-20)12-22(29)24-13-17-4-8-19(9-5-17)25-16(3)28/h4-11H,12-13H2,1-3H3,(H,24,29)(H,25,28). The lowest BCUT2D eigenvalue weighted by Gasteiger charge is -2.08. The summed E-state index contributed by atoms with van der Waals surface area (Å²) in [4.78, 5) is 23.5. The van der Waals surface area contributed by atoms with Crippen molar-refractivity contribution in [1.82, 2.24) is 15.1 Å². The number of aromatic nitrogens is 2. The summed E-state index contributed by atoms with van der Waals surface area (Å²) in [5.41, 5.74) is 4.87. The minimum Gasteiger partial charge on any atom is -0.352 e. The molecule has 3 aromatic rings. The van der Waals surface area contributed by atoms with Gasteiger partial charge in [0.25, 0.3) is 0 Å². The van der Waals surface area contributed by atoms with Crippen molar-refractivity contribution in [2.75, 3.05) is 5.32 Å². The molecule has 0 unspecified atom stereocenters. The Bertz CT molecular complexity index is 1020. The molecule has 150 valence electrons. The SMILES string of the molecule is CC(=O)Nc1ccc(CNC(=O)Cc2c(C)nn(-c3ccc(F)cc3)c2C)cc1. The molecule has 0 aliphatic rings. The zero-order valence-electron chi connectivity index (χ0n) is 16.6. The summed E-state index contributed by atoms with van der Waals surface area (Å²) in [5.74, 6) is -0.543. The molecular formula is C22H23FN4O2. The van der Waals surface area contributed by atoms with Gasteiger partial charge in [0.1, 0.15) is 5.82 Å². The Hall–Kier alpha value is -3.48. The summed E-state index contributed by atoms with van der Waals surface area (Å²) >= 11 is 0. The van der Waals surface area contributed by atoms with Crippen LogP contribution in [0.4, 0.5) is 10.1 Å². The van der Waals surface area contributed by atoms with Crippen molar-refractivity contribution in [3.05, 3.63) is 76.9 Å². The third kappa shape index (κ3) is 5.07. The molecule has 0 spiro atoms. The monoisotopic (exact) mass is 394 g/mol. The highest BCUT2D eigenvalue weighted by Crippen LogP contribution is 2.19. The van der Waals surface area contributed by atoms with Gasteiger partial charge >= 0.3 is 0 Å². The molecule has 0 saturated heterocycles. The molecule has 2 N–H and O–H groups in total. The molecule has 1 aromatic heterocycles. The fraction of sp³-hybridized carbons (Fsp3) is 0.227. The predicted octanol–water partition coefficient (Wildman–Crippen LogP) is 3.45. The highest BCUT2D eigenvalue weighted by molar-refractivity contribution is 5.88. The summed E-state index contributed by atoms with van der Waals surface area (Å²) in [6.07, 6.45) is 0.211. The van der Waals surface area contributed by atoms with E-state index in [4.69, 9.17) is 0 Å². The van der Waals surface area contributed by atoms with Crippen LogP contribution in [-0.4, -0.2) is 21.6 Å². The number of hydrogen-bond acceptors (Lipinski definition) is 3. The molecule has 6 nitrogen and oxygen atoms in total. The molecule has 0 aliphatic heterocycles. The van der Waals surface area contributed by atoms with Gasteiger partial charge in [-0.25, -0.2) is 9.07 Å². The van der Waals surface area contributed by atoms with Crippen LogP contribution in [0.25, 0.3) is 5.69 Å². The Morgan fingerprint density at radius 2 is 1.69 bits per heavy atom. The topological polar surface area (TPSA) is 76.0 Å². The van der Waals surface area contributed by atoms with E-state index in [0.29, 0.717) is 12.2 Å². The second kappa shape index (κ2) is 8.68. The first-order valence-electron chi connectivity index (χ1n) is 9.27. The average molecular weight is 394 g/mol. The highest BCUT2D eigenvalue weighted by atomic mass is 19.1. The van der Waals surface area contributed by atoms with E-state index >= 15 is 0 Å². The molecule has 0 saturated carbocycles. The van der Waals surface area contributed by atoms with Crippen LogP contribution >= 0.6 is 0 Å². The van der Waals surface area contributed by atoms with E-state index in [1.807, 2.05) is 26.0 Å². The van der Waals surface area contributed by atoms with Crippen molar-refractivity contribution in [3.63, 3.8) is 0 Å². The van der Waals surface area contributed by atoms with E-state index in [0.717, 1.165) is 28.2 Å². The van der Waals surface area contributed by atoms with Crippen molar-refractivity contribution >= 4 is 17.5 Å². The van der Waals surface area contributed by atoms with E-state index in [1.165, 1.54) is 19.1 Å². The number of amides is 2. The zero-order chi connectivity index (χ0) is 21.0. The maximum absolute atomic E-state index is 13.2. The van der Waals surface area contributed by atoms with Gasteiger partial charge in [0, 0.05) is 30.4 Å². The highest BCUT2D eigenvalue weighted by Gasteiger charge is 2.16. The molecule has 0 bridgehead atoms. The first kappa shape index (κ1) is 20.3. The number of nitrogens with one attached hydrogen (secondary N) is 2. The molecule has 3 rings (SSSR count). The Labute approximate surface area is 168 Å². The summed E-state index contributed by atoms with van der Waals surface area (Å²) in [5, 5.41) is 10.1. The molecule has 0 atom stereocenters. The molecule has 7 heteroatoms. The number of hydrogen-bond donors (Lipinski definition) is 2. The van der Waals surface area contributed by atoms with Crippen molar-refractivity contribution in [1.29, 1.82) is 0 Å². The summed E-state index contributed by atoms with van der Waals surface area (Å²) in [6.45, 7) is 5.60. The number of benzene rings is 2. The van der Waals surface area contributed by atoms with Crippen molar-refractivity contribution in [2.45, 2.75) is 33.7 Å². The second-order valence-corrected chi connectivity index (χ2v) is 6.87. The van der Waals surface area contributed by atoms with Crippen LogP contribution in [0.5, 0.6) is 0 Å². The Morgan fingerprint density at radius 3 is 2.31 bits per heavy atom. The summed E-state index contributed by atoms with van der Waals surface area (Å²) < 4.78 is 14.9. The number of rotatable bonds is 6. The second-order valence-electron chi connectivity index (χ2n) is 6.87. The number of aryl methyl sites for hydroxylation is 1. The van der Waals surface area contributed by atoms with Gasteiger partial charge in [-0.3, -0.25) is 9.59 Å². The Kier molecular flexibility index (Phi) is 6.07. The van der Waals surface area contributed by atoms with E-state index in [-0.39, 0.29) is 24.1 Å². The van der Waals surface area contributed by atoms with E-state index < -0.39 is 0 Å². The van der Waals surface area contributed by atoms with Crippen LogP contribution in [0.3, 0.4) is 0 Å². The number of carbonyl (C=O) groups is 2. The average Bonchev–Trinajstić information content (AvgIpc) is 2.96. The fourth-order valence-electron chi connectivity index (χ4n) is 3.10. The maximum atomic E-state index is 13.2. The van der Waals surface area contributed by atoms with Crippen molar-refractivity contribution in [3.8, 4) is 5.69 Å². The normalized spacial score (nSPS) is 10.6. The third-order valence-electron chi connectivity index (χ3n) is 4.61. The van der Waals surface area contributed by atoms with E-state index in [2.05, 4.69) is 15.7 Å². The lowest BCUT2D eigenvalue weighted by Crippen LogP contribution is -2.25. The molecule has 0 radical (unpaired) electrons. The van der Waals surface area contributed by atoms with Crippen molar-refractivity contribution < 1.29 is 14.0 Å². The molecule has 29 heavy (non-hydrogen) atoms. The van der Waals surface area contributed by atoms with Gasteiger partial charge in [0.05, 0.1) is 17.8 Å². The molecule has 0 fully saturated rings. The van der Waals surface area contributed by atoms with E-state index in [9.17, 15) is 14.0 Å². The minimum atomic E-state index is -0.306. The molecular weight excluding hydrogens is 371 g/mol. The number of nitrogens with zero attached hydrogens (tertiary/aromatic N) is 2. The van der Waals surface area contributed by atoms with Crippen LogP contribution in [-0.2, 0) is 22.6 Å². The quantitative estimate of drug-likeness (QED) is 0.672. The van der Waals surface area contributed by atoms with Crippen LogP contribution in [0.15, 0.2) is 48.5 Å². The van der Waals surface area contributed by atoms with Gasteiger partial charge in [-0.1, -0.05) is 12.1 Å². The Morgan fingerprint density at radius 1 is 1.03 bits per heavy atom. The van der Waals surface area contributed by atoms with Gasteiger partial charge in [0.15, 0.2) is 0 Å². The summed E-state index contributed by atoms with van der Waals surface area (Å²) in [7, 11) is 0. The van der Waals surface area contributed by atoms with Gasteiger partial charge in [-0.2, -0.15) is 5.10 Å². The molecule has 1 heterocycles. The molecule has 0 aliphatic carbocycles. The smallest absolute Gasteiger partial charge is 0.224 e. The van der Waals surface area contributed by atoms with Crippen LogP contribution in [0.1, 0.15) is 29.4 Å². The predicted molar refractivity (Wildman–Crippen MR) is 109 cm³/mol. The minimum absolute atomic E-state index is 0.110. The van der Waals surface area contributed by atoms with E-state index in [1.54, 1.807) is 28.9 Å². The zero-order valence-corrected chi connectivity index (χ0v) is 16.6. The van der Waals surface area contributed by atoms with Crippen LogP contribution < -0.4 is 10.6 Å². The lowest BCUT2D eigenvalue weighted by molar-refractivity contribution is -0.120. The lowest BCUT2D eigenvalue weighted by atomic mass is 10.1. The largest absolute Gasteiger partial charge is 0.352 e. The fourth-order valence-corrected chi connectivity index (χ4v) is 3.10. The van der Waals surface area contributed by atoms with Gasteiger partial charge in [-0.15, -0.1) is 0 Å². The third-order valence-corrected chi connectivity index (χ3v) is 4.61. The number of halogens is 1. The maximum Gasteiger partial charge on any atom is 0.224 e. The number of anilines is 1. The van der Waals surface area contributed by atoms with Gasteiger partial charge in [-0.05, 0) is 55.8 Å². The van der Waals surface area contributed by atoms with Gasteiger partial charge in [0.2, 0.25) is 11.8 Å². The first-order chi connectivity index (χ1) is 13.8. The Balaban J connectivity index is 1.63. The van der Waals surface area contributed by atoms with Crippen LogP contribution in [0.2, 0.25) is 0 Å².